The summed E-state index contributed by atoms with van der Waals surface area (Å²) < 4.78 is 7.85. The summed E-state index contributed by atoms with van der Waals surface area (Å²) in [5, 5.41) is 5.96. The van der Waals surface area contributed by atoms with Crippen molar-refractivity contribution in [3.8, 4) is 17.1 Å². The van der Waals surface area contributed by atoms with E-state index < -0.39 is 16.1 Å². The van der Waals surface area contributed by atoms with Crippen LogP contribution in [0.3, 0.4) is 0 Å². The van der Waals surface area contributed by atoms with Gasteiger partial charge in [-0.25, -0.2) is 4.57 Å². The van der Waals surface area contributed by atoms with E-state index in [1.165, 1.54) is 53.8 Å². The zero-order valence-corrected chi connectivity index (χ0v) is 26.5. The van der Waals surface area contributed by atoms with Gasteiger partial charge in [-0.05, 0) is 48.0 Å². The van der Waals surface area contributed by atoms with Gasteiger partial charge < -0.3 is 0 Å². The highest BCUT2D eigenvalue weighted by atomic mass is 32.1. The molecule has 192 valence electrons. The second-order valence-electron chi connectivity index (χ2n) is 12.5. The van der Waals surface area contributed by atoms with Gasteiger partial charge in [0, 0.05) is 37.8 Å². The zero-order valence-electron chi connectivity index (χ0n) is 23.7. The summed E-state index contributed by atoms with van der Waals surface area (Å²) in [6.07, 6.45) is 3.92. The lowest BCUT2D eigenvalue weighted by Crippen LogP contribution is -2.49. The molecule has 0 aliphatic heterocycles. The third-order valence-electron chi connectivity index (χ3n) is 7.70. The molecule has 3 heterocycles. The topological polar surface area (TPSA) is 21.7 Å². The number of aryl methyl sites for hydroxylation is 2. The first-order chi connectivity index (χ1) is 18.0. The van der Waals surface area contributed by atoms with Crippen LogP contribution in [0, 0.1) is 6.92 Å². The van der Waals surface area contributed by atoms with Gasteiger partial charge in [0.15, 0.2) is 11.0 Å². The highest BCUT2D eigenvalue weighted by Crippen LogP contribution is 2.37. The number of benzene rings is 3. The molecule has 3 aromatic heterocycles. The van der Waals surface area contributed by atoms with Gasteiger partial charge in [-0.3, -0.25) is 4.98 Å². The summed E-state index contributed by atoms with van der Waals surface area (Å²) in [5.74, 6) is 1.23. The van der Waals surface area contributed by atoms with Gasteiger partial charge in [-0.1, -0.05) is 69.6 Å². The van der Waals surface area contributed by atoms with E-state index in [1.807, 2.05) is 23.7 Å². The van der Waals surface area contributed by atoms with E-state index in [2.05, 4.69) is 128 Å². The summed E-state index contributed by atoms with van der Waals surface area (Å²) >= 11 is 1.98. The van der Waals surface area contributed by atoms with Gasteiger partial charge in [0.2, 0.25) is 0 Å². The van der Waals surface area contributed by atoms with Crippen molar-refractivity contribution in [1.29, 1.82) is 0 Å². The fourth-order valence-electron chi connectivity index (χ4n) is 5.92. The molecule has 6 heteroatoms. The second-order valence-corrected chi connectivity index (χ2v) is 23.6. The van der Waals surface area contributed by atoms with Crippen molar-refractivity contribution in [2.45, 2.75) is 46.2 Å². The molecule has 3 nitrogen and oxygen atoms in total. The van der Waals surface area contributed by atoms with Crippen LogP contribution in [0.15, 0.2) is 73.1 Å². The van der Waals surface area contributed by atoms with Gasteiger partial charge in [0.05, 0.1) is 28.8 Å². The Kier molecular flexibility index (Phi) is 5.79. The number of imidazole rings is 1. The first-order valence-corrected chi connectivity index (χ1v) is 21.2. The van der Waals surface area contributed by atoms with E-state index in [9.17, 15) is 0 Å². The quantitative estimate of drug-likeness (QED) is 0.167. The van der Waals surface area contributed by atoms with Gasteiger partial charge in [-0.15, -0.1) is 11.3 Å². The summed E-state index contributed by atoms with van der Waals surface area (Å²) in [4.78, 5) is 4.43. The molecule has 0 saturated carbocycles. The van der Waals surface area contributed by atoms with Gasteiger partial charge in [0.1, 0.15) is 5.69 Å². The van der Waals surface area contributed by atoms with Crippen molar-refractivity contribution in [3.63, 3.8) is 0 Å². The van der Waals surface area contributed by atoms with Crippen molar-refractivity contribution >= 4 is 69.1 Å². The summed E-state index contributed by atoms with van der Waals surface area (Å²) in [7, 11) is -1.39. The molecule has 0 amide bonds. The standard InChI is InChI=1S/C32H36N3SSi2/c1-21-20-33-18-17-22(21)32-34(2)25-14-10-11-15-26(25)35(32)29-28(37(3,4)5)19-24-23-13-9-12-16-27(23)36-30(24)31(29)38(6,7)8/h9-20H,1-8H3/q+1. The van der Waals surface area contributed by atoms with Crippen molar-refractivity contribution in [1.82, 2.24) is 9.55 Å². The van der Waals surface area contributed by atoms with E-state index >= 15 is 0 Å². The van der Waals surface area contributed by atoms with Crippen molar-refractivity contribution in [2.75, 3.05) is 0 Å². The molecule has 0 bridgehead atoms. The number of rotatable bonds is 4. The number of hydrogen-bond acceptors (Lipinski definition) is 2. The largest absolute Gasteiger partial charge is 0.295 e. The number of pyridine rings is 1. The van der Waals surface area contributed by atoms with Crippen LogP contribution in [0.1, 0.15) is 5.56 Å². The first-order valence-electron chi connectivity index (χ1n) is 13.4. The molecule has 0 unspecified atom stereocenters. The first kappa shape index (κ1) is 25.2. The number of hydrogen-bond donors (Lipinski definition) is 0. The van der Waals surface area contributed by atoms with E-state index in [0.717, 1.165) is 0 Å². The molecule has 3 aromatic carbocycles. The van der Waals surface area contributed by atoms with Crippen LogP contribution in [0.2, 0.25) is 39.3 Å². The molecule has 0 aliphatic rings. The van der Waals surface area contributed by atoms with Crippen LogP contribution in [-0.2, 0) is 7.05 Å². The van der Waals surface area contributed by atoms with Gasteiger partial charge in [-0.2, -0.15) is 4.57 Å². The third-order valence-corrected chi connectivity index (χ3v) is 13.1. The maximum atomic E-state index is 4.43. The molecular formula is C32H36N3SSi2+. The molecule has 0 N–H and O–H groups in total. The molecular weight excluding hydrogens is 515 g/mol. The highest BCUT2D eigenvalue weighted by molar-refractivity contribution is 7.27. The molecule has 6 aromatic rings. The number of thiophene rings is 1. The third kappa shape index (κ3) is 3.81. The second kappa shape index (κ2) is 8.73. The Balaban J connectivity index is 1.91. The Bertz CT molecular complexity index is 1870. The van der Waals surface area contributed by atoms with E-state index in [1.54, 1.807) is 10.4 Å². The molecule has 0 fully saturated rings. The monoisotopic (exact) mass is 550 g/mol. The lowest BCUT2D eigenvalue weighted by molar-refractivity contribution is -0.633. The fraction of sp³-hybridized carbons (Fsp3) is 0.250. The predicted octanol–water partition coefficient (Wildman–Crippen LogP) is 7.28. The maximum absolute atomic E-state index is 4.43. The lowest BCUT2D eigenvalue weighted by atomic mass is 10.1. The Hall–Kier alpha value is -3.07. The molecule has 6 rings (SSSR count). The lowest BCUT2D eigenvalue weighted by Gasteiger charge is -2.28. The van der Waals surface area contributed by atoms with Crippen LogP contribution in [0.4, 0.5) is 0 Å². The van der Waals surface area contributed by atoms with Crippen molar-refractivity contribution in [3.05, 3.63) is 78.6 Å². The molecule has 0 saturated heterocycles. The van der Waals surface area contributed by atoms with E-state index in [0.29, 0.717) is 0 Å². The Labute approximate surface area is 231 Å². The fourth-order valence-corrected chi connectivity index (χ4v) is 11.5. The number of aromatic nitrogens is 3. The summed E-state index contributed by atoms with van der Waals surface area (Å²) in [6, 6.07) is 22.6. The van der Waals surface area contributed by atoms with Gasteiger partial charge in [0.25, 0.3) is 5.82 Å². The van der Waals surface area contributed by atoms with Crippen LogP contribution >= 0.6 is 11.3 Å². The molecule has 38 heavy (non-hydrogen) atoms. The Morgan fingerprint density at radius 3 is 2.26 bits per heavy atom. The normalized spacial score (nSPS) is 12.7. The van der Waals surface area contributed by atoms with Crippen LogP contribution in [0.25, 0.3) is 48.3 Å². The van der Waals surface area contributed by atoms with Gasteiger partial charge >= 0.3 is 0 Å². The highest BCUT2D eigenvalue weighted by Gasteiger charge is 2.38. The van der Waals surface area contributed by atoms with Crippen LogP contribution in [0.5, 0.6) is 0 Å². The molecule has 0 aliphatic carbocycles. The zero-order chi connectivity index (χ0) is 27.0. The SMILES string of the molecule is Cc1cnccc1-c1n(-c2c([Si](C)(C)C)cc3c(sc4ccccc43)c2[Si](C)(C)C)c2ccccc2[n+]1C. The number of para-hydroxylation sites is 2. The predicted molar refractivity (Wildman–Crippen MR) is 171 cm³/mol. The Morgan fingerprint density at radius 1 is 0.842 bits per heavy atom. The minimum atomic E-state index is -1.82. The molecule has 0 atom stereocenters. The van der Waals surface area contributed by atoms with E-state index in [-0.39, 0.29) is 0 Å². The molecule has 0 spiro atoms. The molecule has 0 radical (unpaired) electrons. The smallest absolute Gasteiger partial charge is 0.264 e. The van der Waals surface area contributed by atoms with Crippen molar-refractivity contribution < 1.29 is 4.57 Å². The minimum Gasteiger partial charge on any atom is -0.264 e. The Morgan fingerprint density at radius 2 is 1.55 bits per heavy atom. The average Bonchev–Trinajstić information content (AvgIpc) is 3.37. The van der Waals surface area contributed by atoms with E-state index in [4.69, 9.17) is 0 Å². The van der Waals surface area contributed by atoms with Crippen LogP contribution in [-0.4, -0.2) is 25.7 Å². The minimum absolute atomic E-state index is 1.19. The van der Waals surface area contributed by atoms with Crippen LogP contribution < -0.4 is 14.9 Å². The average molecular weight is 551 g/mol. The number of fused-ring (bicyclic) bond motifs is 4. The van der Waals surface area contributed by atoms with Crippen molar-refractivity contribution in [2.24, 2.45) is 7.05 Å². The summed E-state index contributed by atoms with van der Waals surface area (Å²) in [6.45, 7) is 17.3. The number of nitrogens with zero attached hydrogens (tertiary/aromatic N) is 3. The maximum Gasteiger partial charge on any atom is 0.295 e. The summed E-state index contributed by atoms with van der Waals surface area (Å²) in [5.41, 5.74) is 6.38.